The second-order valence-electron chi connectivity index (χ2n) is 5.40. The van der Waals surface area contributed by atoms with E-state index in [9.17, 15) is 14.4 Å². The molecule has 0 aromatic rings. The van der Waals surface area contributed by atoms with Gasteiger partial charge in [0.15, 0.2) is 0 Å². The molecule has 7 heteroatoms. The molecule has 1 heterocycles. The molecule has 2 atom stereocenters. The minimum absolute atomic E-state index is 0.0370. The first-order valence-corrected chi connectivity index (χ1v) is 7.79. The van der Waals surface area contributed by atoms with Crippen LogP contribution in [0.3, 0.4) is 0 Å². The maximum atomic E-state index is 12.1. The molecule has 1 saturated heterocycles. The topological polar surface area (TPSA) is 101 Å². The normalized spacial score (nSPS) is 20.8. The van der Waals surface area contributed by atoms with Crippen LogP contribution in [0.2, 0.25) is 0 Å². The zero-order chi connectivity index (χ0) is 15.3. The van der Waals surface area contributed by atoms with Crippen LogP contribution in [-0.4, -0.2) is 51.9 Å². The van der Waals surface area contributed by atoms with Gasteiger partial charge in [0.1, 0.15) is 5.25 Å². The van der Waals surface area contributed by atoms with Crippen LogP contribution in [-0.2, 0) is 14.4 Å². The van der Waals surface area contributed by atoms with Crippen LogP contribution in [0.15, 0.2) is 0 Å². The molecule has 1 aliphatic rings. The van der Waals surface area contributed by atoms with Gasteiger partial charge < -0.3 is 15.7 Å². The van der Waals surface area contributed by atoms with Crippen molar-refractivity contribution in [3.8, 4) is 0 Å². The van der Waals surface area contributed by atoms with Gasteiger partial charge >= 0.3 is 5.97 Å². The molecule has 20 heavy (non-hydrogen) atoms. The number of hydrogen-bond donors (Lipinski definition) is 2. The van der Waals surface area contributed by atoms with Crippen LogP contribution in [0.4, 0.5) is 0 Å². The Morgan fingerprint density at radius 3 is 2.55 bits per heavy atom. The molecule has 3 N–H and O–H groups in total. The van der Waals surface area contributed by atoms with Crippen molar-refractivity contribution >= 4 is 29.5 Å². The van der Waals surface area contributed by atoms with Crippen molar-refractivity contribution in [3.63, 3.8) is 0 Å². The van der Waals surface area contributed by atoms with E-state index in [2.05, 4.69) is 0 Å². The van der Waals surface area contributed by atoms with E-state index in [0.717, 1.165) is 24.6 Å². The molecule has 0 aromatic heterocycles. The fourth-order valence-corrected chi connectivity index (χ4v) is 3.27. The molecule has 1 fully saturated rings. The zero-order valence-corrected chi connectivity index (χ0v) is 12.7. The Morgan fingerprint density at radius 2 is 2.05 bits per heavy atom. The summed E-state index contributed by atoms with van der Waals surface area (Å²) in [7, 11) is 0. The molecule has 0 radical (unpaired) electrons. The predicted octanol–water partition coefficient (Wildman–Crippen LogP) is 0.553. The number of primary amides is 1. The Morgan fingerprint density at radius 1 is 1.40 bits per heavy atom. The monoisotopic (exact) mass is 302 g/mol. The minimum atomic E-state index is -0.897. The van der Waals surface area contributed by atoms with E-state index < -0.39 is 11.2 Å². The highest BCUT2D eigenvalue weighted by Gasteiger charge is 2.28. The highest BCUT2D eigenvalue weighted by Crippen LogP contribution is 2.22. The van der Waals surface area contributed by atoms with E-state index in [1.165, 1.54) is 0 Å². The lowest BCUT2D eigenvalue weighted by Crippen LogP contribution is -2.45. The lowest BCUT2D eigenvalue weighted by Gasteiger charge is -2.31. The van der Waals surface area contributed by atoms with E-state index in [0.29, 0.717) is 13.1 Å². The number of carbonyl (C=O) groups excluding carboxylic acids is 2. The highest BCUT2D eigenvalue weighted by molar-refractivity contribution is 8.01. The maximum Gasteiger partial charge on any atom is 0.316 e. The third-order valence-corrected chi connectivity index (χ3v) is 4.93. The lowest BCUT2D eigenvalue weighted by molar-refractivity contribution is -0.137. The number of piperidine rings is 1. The van der Waals surface area contributed by atoms with Crippen molar-refractivity contribution in [1.29, 1.82) is 0 Å². The average Bonchev–Trinajstić information content (AvgIpc) is 2.38. The molecule has 0 aromatic carbocycles. The number of aliphatic carboxylic acids is 1. The number of rotatable bonds is 6. The summed E-state index contributed by atoms with van der Waals surface area (Å²) >= 11 is 1.14. The lowest BCUT2D eigenvalue weighted by atomic mass is 9.97. The maximum absolute atomic E-state index is 12.1. The molecule has 1 rings (SSSR count). The molecule has 0 saturated carbocycles. The first-order valence-electron chi connectivity index (χ1n) is 6.74. The summed E-state index contributed by atoms with van der Waals surface area (Å²) in [4.78, 5) is 35.9. The number of hydrogen-bond acceptors (Lipinski definition) is 4. The number of thioether (sulfide) groups is 1. The van der Waals surface area contributed by atoms with Crippen LogP contribution in [0.25, 0.3) is 0 Å². The SMILES string of the molecule is CC(C)C(SCC(=O)N1CCCC(C(N)=O)C1)C(=O)O. The fraction of sp³-hybridized carbons (Fsp3) is 0.769. The standard InChI is InChI=1S/C13H22N2O4S/c1-8(2)11(13(18)19)20-7-10(16)15-5-3-4-9(6-15)12(14)17/h8-9,11H,3-7H2,1-2H3,(H2,14,17)(H,18,19). The van der Waals surface area contributed by atoms with Crippen LogP contribution >= 0.6 is 11.8 Å². The van der Waals surface area contributed by atoms with Gasteiger partial charge in [0.25, 0.3) is 0 Å². The molecule has 2 unspecified atom stereocenters. The second kappa shape index (κ2) is 7.52. The first kappa shape index (κ1) is 16.8. The smallest absolute Gasteiger partial charge is 0.316 e. The fourth-order valence-electron chi connectivity index (χ4n) is 2.24. The van der Waals surface area contributed by atoms with E-state index in [4.69, 9.17) is 10.8 Å². The minimum Gasteiger partial charge on any atom is -0.480 e. The number of nitrogens with two attached hydrogens (primary N) is 1. The summed E-state index contributed by atoms with van der Waals surface area (Å²) in [6, 6.07) is 0. The quantitative estimate of drug-likeness (QED) is 0.746. The summed E-state index contributed by atoms with van der Waals surface area (Å²) in [6.45, 7) is 4.61. The zero-order valence-electron chi connectivity index (χ0n) is 11.9. The van der Waals surface area contributed by atoms with Gasteiger partial charge in [-0.1, -0.05) is 13.8 Å². The van der Waals surface area contributed by atoms with E-state index in [1.807, 2.05) is 13.8 Å². The number of carboxylic acids is 1. The molecular weight excluding hydrogens is 280 g/mol. The summed E-state index contributed by atoms with van der Waals surface area (Å²) in [5.41, 5.74) is 5.27. The summed E-state index contributed by atoms with van der Waals surface area (Å²) in [5, 5.41) is 8.49. The highest BCUT2D eigenvalue weighted by atomic mass is 32.2. The van der Waals surface area contributed by atoms with Crippen molar-refractivity contribution < 1.29 is 19.5 Å². The summed E-state index contributed by atoms with van der Waals surface area (Å²) in [6.07, 6.45) is 1.48. The van der Waals surface area contributed by atoms with Crippen LogP contribution < -0.4 is 5.73 Å². The number of nitrogens with zero attached hydrogens (tertiary/aromatic N) is 1. The Kier molecular flexibility index (Phi) is 6.32. The van der Waals surface area contributed by atoms with Crippen molar-refractivity contribution in [1.82, 2.24) is 4.90 Å². The Hall–Kier alpha value is -1.24. The van der Waals surface area contributed by atoms with Gasteiger partial charge in [0, 0.05) is 13.1 Å². The van der Waals surface area contributed by atoms with Gasteiger partial charge in [-0.25, -0.2) is 0 Å². The van der Waals surface area contributed by atoms with Crippen molar-refractivity contribution in [2.24, 2.45) is 17.6 Å². The molecule has 0 aliphatic carbocycles. The van der Waals surface area contributed by atoms with Gasteiger partial charge in [-0.2, -0.15) is 0 Å². The van der Waals surface area contributed by atoms with Crippen LogP contribution in [0, 0.1) is 11.8 Å². The number of carboxylic acid groups (broad SMARTS) is 1. The average molecular weight is 302 g/mol. The molecule has 6 nitrogen and oxygen atoms in total. The van der Waals surface area contributed by atoms with Gasteiger partial charge in [-0.15, -0.1) is 11.8 Å². The molecular formula is C13H22N2O4S. The number of likely N-dealkylation sites (tertiary alicyclic amines) is 1. The van der Waals surface area contributed by atoms with Gasteiger partial charge in [0.2, 0.25) is 11.8 Å². The summed E-state index contributed by atoms with van der Waals surface area (Å²) < 4.78 is 0. The third kappa shape index (κ3) is 4.70. The number of carbonyl (C=O) groups is 3. The Bertz CT molecular complexity index is 387. The van der Waals surface area contributed by atoms with Gasteiger partial charge in [-0.3, -0.25) is 14.4 Å². The second-order valence-corrected chi connectivity index (χ2v) is 6.53. The van der Waals surface area contributed by atoms with Crippen LogP contribution in [0.5, 0.6) is 0 Å². The third-order valence-electron chi connectivity index (χ3n) is 3.41. The van der Waals surface area contributed by atoms with Crippen molar-refractivity contribution in [2.45, 2.75) is 31.9 Å². The number of amides is 2. The Balaban J connectivity index is 2.50. The molecule has 0 bridgehead atoms. The first-order chi connectivity index (χ1) is 9.32. The Labute approximate surface area is 123 Å². The largest absolute Gasteiger partial charge is 0.480 e. The molecule has 114 valence electrons. The molecule has 0 spiro atoms. The van der Waals surface area contributed by atoms with Crippen molar-refractivity contribution in [2.75, 3.05) is 18.8 Å². The van der Waals surface area contributed by atoms with Gasteiger partial charge in [-0.05, 0) is 18.8 Å². The van der Waals surface area contributed by atoms with Gasteiger partial charge in [0.05, 0.1) is 11.7 Å². The predicted molar refractivity (Wildman–Crippen MR) is 77.2 cm³/mol. The van der Waals surface area contributed by atoms with E-state index in [1.54, 1.807) is 4.90 Å². The van der Waals surface area contributed by atoms with Crippen LogP contribution in [0.1, 0.15) is 26.7 Å². The molecule has 2 amide bonds. The summed E-state index contributed by atoms with van der Waals surface area (Å²) in [5.74, 6) is -1.58. The van der Waals surface area contributed by atoms with E-state index >= 15 is 0 Å². The molecule has 1 aliphatic heterocycles. The van der Waals surface area contributed by atoms with E-state index in [-0.39, 0.29) is 29.4 Å². The van der Waals surface area contributed by atoms with Crippen molar-refractivity contribution in [3.05, 3.63) is 0 Å².